The van der Waals surface area contributed by atoms with Gasteiger partial charge in [0, 0.05) is 10.0 Å². The molecule has 0 saturated heterocycles. The van der Waals surface area contributed by atoms with Gasteiger partial charge >= 0.3 is 0 Å². The van der Waals surface area contributed by atoms with Crippen LogP contribution in [-0.2, 0) is 5.92 Å². The van der Waals surface area contributed by atoms with Crippen molar-refractivity contribution in [1.82, 2.24) is 0 Å². The van der Waals surface area contributed by atoms with Gasteiger partial charge in [0.1, 0.15) is 0 Å². The lowest BCUT2D eigenvalue weighted by molar-refractivity contribution is 0.00594. The molecule has 0 spiro atoms. The van der Waals surface area contributed by atoms with Gasteiger partial charge in [-0.3, -0.25) is 0 Å². The van der Waals surface area contributed by atoms with E-state index in [4.69, 9.17) is 17.3 Å². The van der Waals surface area contributed by atoms with Crippen LogP contribution in [-0.4, -0.2) is 6.54 Å². The molecule has 2 N–H and O–H groups in total. The summed E-state index contributed by atoms with van der Waals surface area (Å²) in [5.41, 5.74) is 4.76. The van der Waals surface area contributed by atoms with Gasteiger partial charge in [0.25, 0.3) is 5.92 Å². The smallest absolute Gasteiger partial charge is 0.285 e. The molecule has 1 aromatic carbocycles. The van der Waals surface area contributed by atoms with E-state index in [0.29, 0.717) is 4.47 Å². The van der Waals surface area contributed by atoms with E-state index < -0.39 is 12.5 Å². The van der Waals surface area contributed by atoms with Crippen LogP contribution in [0.3, 0.4) is 0 Å². The zero-order valence-electron chi connectivity index (χ0n) is 6.53. The second kappa shape index (κ2) is 3.90. The lowest BCUT2D eigenvalue weighted by atomic mass is 10.1. The Hall–Kier alpha value is -0.190. The summed E-state index contributed by atoms with van der Waals surface area (Å²) in [6.45, 7) is -0.717. The number of nitrogens with two attached hydrogens (primary N) is 1. The summed E-state index contributed by atoms with van der Waals surface area (Å²) < 4.78 is 26.6. The Kier molecular flexibility index (Phi) is 3.27. The number of rotatable bonds is 2. The molecule has 0 aliphatic rings. The molecular formula is C8H7BrClF2N. The summed E-state index contributed by atoms with van der Waals surface area (Å²) in [5.74, 6) is -3.01. The maximum absolute atomic E-state index is 13.0. The van der Waals surface area contributed by atoms with E-state index in [1.165, 1.54) is 18.2 Å². The first-order chi connectivity index (χ1) is 5.97. The molecular weight excluding hydrogens is 263 g/mol. The van der Waals surface area contributed by atoms with Crippen molar-refractivity contribution in [3.8, 4) is 0 Å². The van der Waals surface area contributed by atoms with Gasteiger partial charge in [0.05, 0.1) is 11.6 Å². The highest BCUT2D eigenvalue weighted by molar-refractivity contribution is 9.10. The molecule has 0 unspecified atom stereocenters. The van der Waals surface area contributed by atoms with Gasteiger partial charge in [-0.25, -0.2) is 0 Å². The van der Waals surface area contributed by atoms with E-state index in [-0.39, 0.29) is 10.6 Å². The number of benzene rings is 1. The van der Waals surface area contributed by atoms with E-state index in [0.717, 1.165) is 0 Å². The zero-order chi connectivity index (χ0) is 10.1. The molecule has 0 radical (unpaired) electrons. The lowest BCUT2D eigenvalue weighted by Crippen LogP contribution is -2.24. The third-order valence-corrected chi connectivity index (χ3v) is 2.83. The van der Waals surface area contributed by atoms with Crippen molar-refractivity contribution in [3.63, 3.8) is 0 Å². The van der Waals surface area contributed by atoms with Gasteiger partial charge in [-0.1, -0.05) is 17.7 Å². The standard InChI is InChI=1S/C8H7BrClF2N/c9-6-2-1-5(3-7(6)10)8(11,12)4-13/h1-3H,4,13H2. The predicted octanol–water partition coefficient (Wildman–Crippen LogP) is 3.15. The Balaban J connectivity index is 3.10. The van der Waals surface area contributed by atoms with Crippen molar-refractivity contribution in [3.05, 3.63) is 33.3 Å². The second-order valence-electron chi connectivity index (χ2n) is 2.54. The quantitative estimate of drug-likeness (QED) is 0.878. The van der Waals surface area contributed by atoms with E-state index in [9.17, 15) is 8.78 Å². The van der Waals surface area contributed by atoms with Crippen LogP contribution in [0.25, 0.3) is 0 Å². The molecule has 72 valence electrons. The van der Waals surface area contributed by atoms with Crippen LogP contribution in [0.15, 0.2) is 22.7 Å². The van der Waals surface area contributed by atoms with Crippen molar-refractivity contribution in [2.24, 2.45) is 5.73 Å². The SMILES string of the molecule is NCC(F)(F)c1ccc(Br)c(Cl)c1. The van der Waals surface area contributed by atoms with Crippen LogP contribution >= 0.6 is 27.5 Å². The number of hydrogen-bond donors (Lipinski definition) is 1. The zero-order valence-corrected chi connectivity index (χ0v) is 8.87. The summed E-state index contributed by atoms with van der Waals surface area (Å²) in [6, 6.07) is 3.97. The normalized spacial score (nSPS) is 11.8. The van der Waals surface area contributed by atoms with Gasteiger partial charge in [-0.2, -0.15) is 8.78 Å². The lowest BCUT2D eigenvalue weighted by Gasteiger charge is -2.14. The summed E-state index contributed by atoms with van der Waals surface area (Å²) in [6.07, 6.45) is 0. The molecule has 0 aliphatic heterocycles. The molecule has 0 amide bonds. The first-order valence-corrected chi connectivity index (χ1v) is 4.68. The van der Waals surface area contributed by atoms with Crippen LogP contribution in [0.2, 0.25) is 5.02 Å². The van der Waals surface area contributed by atoms with Gasteiger partial charge in [-0.05, 0) is 28.1 Å². The van der Waals surface area contributed by atoms with Gasteiger partial charge in [-0.15, -0.1) is 0 Å². The minimum Gasteiger partial charge on any atom is -0.325 e. The average Bonchev–Trinajstić information content (AvgIpc) is 2.09. The highest BCUT2D eigenvalue weighted by atomic mass is 79.9. The molecule has 0 atom stereocenters. The Morgan fingerprint density at radius 3 is 2.54 bits per heavy atom. The van der Waals surface area contributed by atoms with Crippen molar-refractivity contribution < 1.29 is 8.78 Å². The van der Waals surface area contributed by atoms with Crippen molar-refractivity contribution in [2.45, 2.75) is 5.92 Å². The maximum atomic E-state index is 13.0. The molecule has 5 heteroatoms. The second-order valence-corrected chi connectivity index (χ2v) is 3.80. The third kappa shape index (κ3) is 2.39. The maximum Gasteiger partial charge on any atom is 0.285 e. The van der Waals surface area contributed by atoms with Crippen molar-refractivity contribution >= 4 is 27.5 Å². The molecule has 0 fully saturated rings. The van der Waals surface area contributed by atoms with E-state index in [1.807, 2.05) is 0 Å². The van der Waals surface area contributed by atoms with Crippen LogP contribution in [0.1, 0.15) is 5.56 Å². The van der Waals surface area contributed by atoms with Crippen LogP contribution in [0, 0.1) is 0 Å². The van der Waals surface area contributed by atoms with E-state index in [2.05, 4.69) is 15.9 Å². The summed E-state index contributed by atoms with van der Waals surface area (Å²) in [5, 5.41) is 0.255. The summed E-state index contributed by atoms with van der Waals surface area (Å²) >= 11 is 8.77. The molecule has 1 nitrogen and oxygen atoms in total. The predicted molar refractivity (Wildman–Crippen MR) is 52.1 cm³/mol. The summed E-state index contributed by atoms with van der Waals surface area (Å²) in [4.78, 5) is 0. The Morgan fingerprint density at radius 2 is 2.08 bits per heavy atom. The highest BCUT2D eigenvalue weighted by Crippen LogP contribution is 2.31. The van der Waals surface area contributed by atoms with Gasteiger partial charge in [0.2, 0.25) is 0 Å². The fourth-order valence-corrected chi connectivity index (χ4v) is 1.27. The van der Waals surface area contributed by atoms with Crippen molar-refractivity contribution in [2.75, 3.05) is 6.54 Å². The molecule has 0 bridgehead atoms. The van der Waals surface area contributed by atoms with E-state index >= 15 is 0 Å². The molecule has 0 aromatic heterocycles. The first-order valence-electron chi connectivity index (χ1n) is 3.51. The fraction of sp³-hybridized carbons (Fsp3) is 0.250. The molecule has 0 saturated carbocycles. The third-order valence-electron chi connectivity index (χ3n) is 1.60. The Labute approximate surface area is 88.0 Å². The Morgan fingerprint density at radius 1 is 1.46 bits per heavy atom. The average molecular weight is 271 g/mol. The van der Waals surface area contributed by atoms with Crippen LogP contribution < -0.4 is 5.73 Å². The van der Waals surface area contributed by atoms with Gasteiger partial charge < -0.3 is 5.73 Å². The number of halogens is 4. The van der Waals surface area contributed by atoms with Crippen LogP contribution in [0.5, 0.6) is 0 Å². The number of hydrogen-bond acceptors (Lipinski definition) is 1. The van der Waals surface area contributed by atoms with Gasteiger partial charge in [0.15, 0.2) is 0 Å². The summed E-state index contributed by atoms with van der Waals surface area (Å²) in [7, 11) is 0. The van der Waals surface area contributed by atoms with Crippen molar-refractivity contribution in [1.29, 1.82) is 0 Å². The fourth-order valence-electron chi connectivity index (χ4n) is 0.841. The molecule has 1 rings (SSSR count). The Bertz CT molecular complexity index is 317. The molecule has 0 heterocycles. The monoisotopic (exact) mass is 269 g/mol. The largest absolute Gasteiger partial charge is 0.325 e. The molecule has 13 heavy (non-hydrogen) atoms. The minimum atomic E-state index is -3.01. The molecule has 1 aromatic rings. The highest BCUT2D eigenvalue weighted by Gasteiger charge is 2.29. The number of alkyl halides is 2. The van der Waals surface area contributed by atoms with Crippen LogP contribution in [0.4, 0.5) is 8.78 Å². The molecule has 0 aliphatic carbocycles. The minimum absolute atomic E-state index is 0.164. The van der Waals surface area contributed by atoms with E-state index in [1.54, 1.807) is 0 Å². The topological polar surface area (TPSA) is 26.0 Å². The first kappa shape index (κ1) is 10.9.